The molecule has 1 amide bonds. The molecule has 1 aliphatic rings. The van der Waals surface area contributed by atoms with Gasteiger partial charge in [0.25, 0.3) is 5.91 Å². The number of aliphatic hydroxyl groups excluding tert-OH is 2. The lowest BCUT2D eigenvalue weighted by atomic mass is 9.99. The van der Waals surface area contributed by atoms with E-state index in [-0.39, 0.29) is 5.91 Å². The standard InChI is InChI=1S/C27H35NO6S/c29-14-4-16-35-17-5-15-33-26-19-23(30)18-25(34-26)24(31)12-13-28-27(32)22-10-8-21(9-11-22)20-6-2-1-3-7-20/h1-3,6-11,14,23-26,30-31H,4-5,12-13,15-19H2,(H,28,32). The molecule has 4 atom stereocenters. The minimum Gasteiger partial charge on any atom is -0.393 e. The van der Waals surface area contributed by atoms with Crippen LogP contribution in [0.4, 0.5) is 0 Å². The van der Waals surface area contributed by atoms with E-state index in [1.807, 2.05) is 42.5 Å². The second-order valence-corrected chi connectivity index (χ2v) is 9.80. The Morgan fingerprint density at radius 1 is 1.11 bits per heavy atom. The fourth-order valence-corrected chi connectivity index (χ4v) is 4.71. The van der Waals surface area contributed by atoms with Crippen LogP contribution in [0.3, 0.4) is 0 Å². The predicted octanol–water partition coefficient (Wildman–Crippen LogP) is 3.43. The fourth-order valence-electron chi connectivity index (χ4n) is 3.92. The summed E-state index contributed by atoms with van der Waals surface area (Å²) in [6, 6.07) is 17.4. The molecule has 2 aromatic carbocycles. The molecule has 190 valence electrons. The zero-order valence-corrected chi connectivity index (χ0v) is 20.7. The van der Waals surface area contributed by atoms with Crippen LogP contribution in [0, 0.1) is 0 Å². The van der Waals surface area contributed by atoms with Gasteiger partial charge in [0, 0.05) is 31.4 Å². The summed E-state index contributed by atoms with van der Waals surface area (Å²) < 4.78 is 11.6. The fraction of sp³-hybridized carbons (Fsp3) is 0.481. The molecule has 8 heteroatoms. The van der Waals surface area contributed by atoms with Gasteiger partial charge in [-0.15, -0.1) is 0 Å². The molecule has 3 rings (SSSR count). The van der Waals surface area contributed by atoms with Crippen molar-refractivity contribution in [1.82, 2.24) is 5.32 Å². The normalized spacial score (nSPS) is 20.8. The average molecular weight is 502 g/mol. The van der Waals surface area contributed by atoms with Crippen LogP contribution in [0.25, 0.3) is 11.1 Å². The predicted molar refractivity (Wildman–Crippen MR) is 137 cm³/mol. The summed E-state index contributed by atoms with van der Waals surface area (Å²) in [4.78, 5) is 22.8. The summed E-state index contributed by atoms with van der Waals surface area (Å²) in [5.74, 6) is 1.50. The smallest absolute Gasteiger partial charge is 0.251 e. The van der Waals surface area contributed by atoms with Crippen LogP contribution in [0.1, 0.15) is 42.5 Å². The van der Waals surface area contributed by atoms with Crippen molar-refractivity contribution in [3.8, 4) is 11.1 Å². The van der Waals surface area contributed by atoms with Gasteiger partial charge >= 0.3 is 0 Å². The topological polar surface area (TPSA) is 105 Å². The summed E-state index contributed by atoms with van der Waals surface area (Å²) in [5.41, 5.74) is 2.69. The molecule has 0 radical (unpaired) electrons. The quantitative estimate of drug-likeness (QED) is 0.269. The molecule has 1 heterocycles. The lowest BCUT2D eigenvalue weighted by molar-refractivity contribution is -0.234. The molecule has 0 spiro atoms. The van der Waals surface area contributed by atoms with E-state index in [1.165, 1.54) is 0 Å². The SMILES string of the molecule is O=CCCSCCCOC1CC(O)CC(C(O)CCNC(=O)c2ccc(-c3ccccc3)cc2)O1. The second kappa shape index (κ2) is 15.0. The Bertz CT molecular complexity index is 894. The third-order valence-electron chi connectivity index (χ3n) is 5.82. The van der Waals surface area contributed by atoms with Crippen LogP contribution in [-0.2, 0) is 14.3 Å². The van der Waals surface area contributed by atoms with Crippen molar-refractivity contribution in [3.63, 3.8) is 0 Å². The molecule has 0 aromatic heterocycles. The first kappa shape index (κ1) is 27.4. The number of hydrogen-bond donors (Lipinski definition) is 3. The van der Waals surface area contributed by atoms with Gasteiger partial charge in [0.1, 0.15) is 6.29 Å². The number of nitrogens with one attached hydrogen (secondary N) is 1. The van der Waals surface area contributed by atoms with Crippen LogP contribution in [-0.4, -0.2) is 71.7 Å². The van der Waals surface area contributed by atoms with E-state index in [9.17, 15) is 19.8 Å². The minimum absolute atomic E-state index is 0.200. The summed E-state index contributed by atoms with van der Waals surface area (Å²) in [6.07, 6.45) is 0.781. The molecular formula is C27H35NO6S. The zero-order valence-electron chi connectivity index (χ0n) is 19.9. The highest BCUT2D eigenvalue weighted by atomic mass is 32.2. The lowest BCUT2D eigenvalue weighted by Gasteiger charge is -2.35. The first-order chi connectivity index (χ1) is 17.1. The van der Waals surface area contributed by atoms with E-state index in [4.69, 9.17) is 9.47 Å². The maximum absolute atomic E-state index is 12.5. The highest BCUT2D eigenvalue weighted by Crippen LogP contribution is 2.24. The lowest BCUT2D eigenvalue weighted by Crippen LogP contribution is -2.44. The van der Waals surface area contributed by atoms with E-state index in [0.29, 0.717) is 44.4 Å². The number of carbonyl (C=O) groups is 2. The first-order valence-corrected chi connectivity index (χ1v) is 13.3. The summed E-state index contributed by atoms with van der Waals surface area (Å²) in [5, 5.41) is 23.6. The second-order valence-electron chi connectivity index (χ2n) is 8.58. The number of rotatable bonds is 14. The highest BCUT2D eigenvalue weighted by Gasteiger charge is 2.33. The van der Waals surface area contributed by atoms with Crippen LogP contribution in [0.2, 0.25) is 0 Å². The van der Waals surface area contributed by atoms with Crippen molar-refractivity contribution in [2.24, 2.45) is 0 Å². The van der Waals surface area contributed by atoms with Crippen LogP contribution < -0.4 is 5.32 Å². The Hall–Kier alpha value is -2.23. The molecule has 0 saturated carbocycles. The van der Waals surface area contributed by atoms with E-state index in [2.05, 4.69) is 5.32 Å². The molecule has 7 nitrogen and oxygen atoms in total. The summed E-state index contributed by atoms with van der Waals surface area (Å²) in [7, 11) is 0. The van der Waals surface area contributed by atoms with Gasteiger partial charge in [-0.1, -0.05) is 42.5 Å². The number of benzene rings is 2. The molecule has 4 unspecified atom stereocenters. The molecule has 0 bridgehead atoms. The summed E-state index contributed by atoms with van der Waals surface area (Å²) in [6.45, 7) is 0.785. The van der Waals surface area contributed by atoms with Crippen LogP contribution >= 0.6 is 11.8 Å². The van der Waals surface area contributed by atoms with Crippen molar-refractivity contribution >= 4 is 24.0 Å². The van der Waals surface area contributed by atoms with Crippen LogP contribution in [0.5, 0.6) is 0 Å². The molecule has 1 aliphatic heterocycles. The van der Waals surface area contributed by atoms with E-state index in [1.54, 1.807) is 23.9 Å². The van der Waals surface area contributed by atoms with Crippen molar-refractivity contribution in [2.75, 3.05) is 24.7 Å². The number of aliphatic hydroxyl groups is 2. The molecule has 35 heavy (non-hydrogen) atoms. The average Bonchev–Trinajstić information content (AvgIpc) is 2.88. The number of ether oxygens (including phenoxy) is 2. The van der Waals surface area contributed by atoms with Crippen LogP contribution in [0.15, 0.2) is 54.6 Å². The number of aldehydes is 1. The molecule has 1 fully saturated rings. The zero-order chi connectivity index (χ0) is 24.9. The van der Waals surface area contributed by atoms with Gasteiger partial charge in [0.15, 0.2) is 6.29 Å². The third kappa shape index (κ3) is 9.39. The van der Waals surface area contributed by atoms with Gasteiger partial charge in [-0.25, -0.2) is 0 Å². The van der Waals surface area contributed by atoms with E-state index in [0.717, 1.165) is 35.3 Å². The van der Waals surface area contributed by atoms with Gasteiger partial charge in [-0.3, -0.25) is 4.79 Å². The van der Waals surface area contributed by atoms with Crippen molar-refractivity contribution in [3.05, 3.63) is 60.2 Å². The number of amides is 1. The van der Waals surface area contributed by atoms with Gasteiger partial charge in [-0.2, -0.15) is 11.8 Å². The van der Waals surface area contributed by atoms with Gasteiger partial charge in [0.05, 0.1) is 24.9 Å². The number of hydrogen-bond acceptors (Lipinski definition) is 7. The Kier molecular flexibility index (Phi) is 11.7. The third-order valence-corrected chi connectivity index (χ3v) is 6.92. The van der Waals surface area contributed by atoms with E-state index >= 15 is 0 Å². The van der Waals surface area contributed by atoms with Crippen molar-refractivity contribution in [1.29, 1.82) is 0 Å². The maximum atomic E-state index is 12.5. The van der Waals surface area contributed by atoms with Gasteiger partial charge in [-0.05, 0) is 47.6 Å². The Balaban J connectivity index is 1.37. The molecule has 0 aliphatic carbocycles. The Morgan fingerprint density at radius 3 is 2.60 bits per heavy atom. The Morgan fingerprint density at radius 2 is 1.86 bits per heavy atom. The molecule has 1 saturated heterocycles. The number of carbonyl (C=O) groups excluding carboxylic acids is 2. The minimum atomic E-state index is -0.823. The number of thioether (sulfide) groups is 1. The van der Waals surface area contributed by atoms with Gasteiger partial charge < -0.3 is 29.8 Å². The Labute approximate surface area is 211 Å². The van der Waals surface area contributed by atoms with Gasteiger partial charge in [0.2, 0.25) is 0 Å². The molecule has 3 N–H and O–H groups in total. The highest BCUT2D eigenvalue weighted by molar-refractivity contribution is 7.99. The molecule has 2 aromatic rings. The van der Waals surface area contributed by atoms with Crippen molar-refractivity contribution in [2.45, 2.75) is 56.7 Å². The maximum Gasteiger partial charge on any atom is 0.251 e. The monoisotopic (exact) mass is 501 g/mol. The van der Waals surface area contributed by atoms with E-state index < -0.39 is 24.6 Å². The molecular weight excluding hydrogens is 466 g/mol. The largest absolute Gasteiger partial charge is 0.393 e. The first-order valence-electron chi connectivity index (χ1n) is 12.1. The summed E-state index contributed by atoms with van der Waals surface area (Å²) >= 11 is 1.70. The van der Waals surface area contributed by atoms with Crippen molar-refractivity contribution < 1.29 is 29.3 Å².